The number of methoxy groups -OCH3 is 1. The molecule has 1 unspecified atom stereocenters. The summed E-state index contributed by atoms with van der Waals surface area (Å²) in [4.78, 5) is 18.1. The van der Waals surface area contributed by atoms with Crippen LogP contribution in [0.2, 0.25) is 0 Å². The maximum Gasteiger partial charge on any atom is 0.323 e. The molecule has 0 N–H and O–H groups in total. The van der Waals surface area contributed by atoms with Crippen molar-refractivity contribution in [3.8, 4) is 0 Å². The molecule has 1 aromatic rings. The van der Waals surface area contributed by atoms with Gasteiger partial charge in [0.15, 0.2) is 0 Å². The van der Waals surface area contributed by atoms with Crippen LogP contribution in [0.1, 0.15) is 24.3 Å². The molecule has 0 spiro atoms. The summed E-state index contributed by atoms with van der Waals surface area (Å²) in [6.45, 7) is 1.72. The minimum Gasteiger partial charge on any atom is -0.468 e. The van der Waals surface area contributed by atoms with Crippen LogP contribution in [0.25, 0.3) is 0 Å². The summed E-state index contributed by atoms with van der Waals surface area (Å²) in [5.74, 6) is -0.115. The van der Waals surface area contributed by atoms with Gasteiger partial charge in [0.1, 0.15) is 11.0 Å². The number of thiazole rings is 1. The van der Waals surface area contributed by atoms with Gasteiger partial charge in [0.2, 0.25) is 0 Å². The van der Waals surface area contributed by atoms with Crippen LogP contribution < -0.4 is 0 Å². The summed E-state index contributed by atoms with van der Waals surface area (Å²) in [5, 5.41) is 3.03. The lowest BCUT2D eigenvalue weighted by Crippen LogP contribution is -2.44. The third kappa shape index (κ3) is 2.59. The van der Waals surface area contributed by atoms with Crippen molar-refractivity contribution in [1.29, 1.82) is 0 Å². The predicted molar refractivity (Wildman–Crippen MR) is 62.2 cm³/mol. The van der Waals surface area contributed by atoms with Gasteiger partial charge in [0.25, 0.3) is 0 Å². The molecule has 5 heteroatoms. The Morgan fingerprint density at radius 3 is 3.25 bits per heavy atom. The van der Waals surface area contributed by atoms with Gasteiger partial charge in [-0.1, -0.05) is 6.42 Å². The van der Waals surface area contributed by atoms with E-state index >= 15 is 0 Å². The summed E-state index contributed by atoms with van der Waals surface area (Å²) in [5.41, 5.74) is 0. The minimum absolute atomic E-state index is 0.0809. The van der Waals surface area contributed by atoms with Gasteiger partial charge in [-0.25, -0.2) is 4.98 Å². The molecule has 0 radical (unpaired) electrons. The highest BCUT2D eigenvalue weighted by Gasteiger charge is 2.29. The predicted octanol–water partition coefficient (Wildman–Crippen LogP) is 1.67. The summed E-state index contributed by atoms with van der Waals surface area (Å²) in [6.07, 6.45) is 4.96. The fourth-order valence-corrected chi connectivity index (χ4v) is 2.73. The van der Waals surface area contributed by atoms with E-state index in [1.807, 2.05) is 5.38 Å². The number of ether oxygens (including phenoxy) is 1. The number of carbonyl (C=O) groups is 1. The number of esters is 1. The zero-order valence-corrected chi connectivity index (χ0v) is 10.2. The number of rotatable bonds is 3. The Morgan fingerprint density at radius 2 is 2.56 bits per heavy atom. The average molecular weight is 240 g/mol. The van der Waals surface area contributed by atoms with E-state index in [2.05, 4.69) is 9.88 Å². The van der Waals surface area contributed by atoms with Gasteiger partial charge >= 0.3 is 5.97 Å². The van der Waals surface area contributed by atoms with Crippen molar-refractivity contribution in [2.45, 2.75) is 31.8 Å². The van der Waals surface area contributed by atoms with Gasteiger partial charge in [-0.3, -0.25) is 9.69 Å². The molecule has 1 aliphatic heterocycles. The van der Waals surface area contributed by atoms with E-state index in [0.717, 1.165) is 37.4 Å². The normalized spacial score (nSPS) is 21.9. The van der Waals surface area contributed by atoms with Gasteiger partial charge < -0.3 is 4.74 Å². The molecule has 16 heavy (non-hydrogen) atoms. The van der Waals surface area contributed by atoms with Crippen molar-refractivity contribution in [1.82, 2.24) is 9.88 Å². The molecule has 4 nitrogen and oxygen atoms in total. The second-order valence-electron chi connectivity index (χ2n) is 3.93. The van der Waals surface area contributed by atoms with Crippen molar-refractivity contribution in [2.24, 2.45) is 0 Å². The summed E-state index contributed by atoms with van der Waals surface area (Å²) >= 11 is 1.63. The SMILES string of the molecule is COC(=O)C1CCCCN1Cc1nccs1. The maximum atomic E-state index is 11.6. The molecule has 1 atom stereocenters. The quantitative estimate of drug-likeness (QED) is 0.754. The van der Waals surface area contributed by atoms with E-state index < -0.39 is 0 Å². The number of carbonyl (C=O) groups excluding carboxylic acids is 1. The standard InChI is InChI=1S/C11H16N2O2S/c1-15-11(14)9-4-2-3-6-13(9)8-10-12-5-7-16-10/h5,7,9H,2-4,6,8H2,1H3. The number of likely N-dealkylation sites (tertiary alicyclic amines) is 1. The summed E-state index contributed by atoms with van der Waals surface area (Å²) in [6, 6.07) is -0.0809. The zero-order chi connectivity index (χ0) is 11.4. The van der Waals surface area contributed by atoms with Crippen molar-refractivity contribution in [2.75, 3.05) is 13.7 Å². The highest BCUT2D eigenvalue weighted by Crippen LogP contribution is 2.21. The Bertz CT molecular complexity index is 340. The molecular formula is C11H16N2O2S. The lowest BCUT2D eigenvalue weighted by atomic mass is 10.0. The highest BCUT2D eigenvalue weighted by atomic mass is 32.1. The second-order valence-corrected chi connectivity index (χ2v) is 4.91. The number of hydrogen-bond donors (Lipinski definition) is 0. The van der Waals surface area contributed by atoms with Crippen LogP contribution in [-0.4, -0.2) is 35.5 Å². The van der Waals surface area contributed by atoms with Crippen molar-refractivity contribution >= 4 is 17.3 Å². The number of nitrogens with zero attached hydrogens (tertiary/aromatic N) is 2. The first-order valence-corrected chi connectivity index (χ1v) is 6.39. The topological polar surface area (TPSA) is 42.4 Å². The molecule has 2 heterocycles. The van der Waals surface area contributed by atoms with Gasteiger partial charge in [-0.15, -0.1) is 11.3 Å². The monoisotopic (exact) mass is 240 g/mol. The molecule has 1 aromatic heterocycles. The van der Waals surface area contributed by atoms with E-state index in [1.54, 1.807) is 17.5 Å². The summed E-state index contributed by atoms with van der Waals surface area (Å²) in [7, 11) is 1.46. The largest absolute Gasteiger partial charge is 0.468 e. The Morgan fingerprint density at radius 1 is 1.69 bits per heavy atom. The van der Waals surface area contributed by atoms with Gasteiger partial charge in [-0.2, -0.15) is 0 Å². The van der Waals surface area contributed by atoms with Crippen LogP contribution in [0, 0.1) is 0 Å². The van der Waals surface area contributed by atoms with Crippen molar-refractivity contribution < 1.29 is 9.53 Å². The number of hydrogen-bond acceptors (Lipinski definition) is 5. The molecule has 0 aromatic carbocycles. The lowest BCUT2D eigenvalue weighted by molar-refractivity contribution is -0.148. The highest BCUT2D eigenvalue weighted by molar-refractivity contribution is 7.09. The minimum atomic E-state index is -0.115. The van der Waals surface area contributed by atoms with E-state index in [-0.39, 0.29) is 12.0 Å². The Labute approximate surface area is 99.2 Å². The average Bonchev–Trinajstić information content (AvgIpc) is 2.82. The molecule has 88 valence electrons. The fourth-order valence-electron chi connectivity index (χ4n) is 2.09. The summed E-state index contributed by atoms with van der Waals surface area (Å²) < 4.78 is 4.84. The smallest absolute Gasteiger partial charge is 0.323 e. The molecule has 1 aliphatic rings. The van der Waals surface area contributed by atoms with Crippen molar-refractivity contribution in [3.05, 3.63) is 16.6 Å². The van der Waals surface area contributed by atoms with Crippen molar-refractivity contribution in [3.63, 3.8) is 0 Å². The molecule has 0 saturated carbocycles. The van der Waals surface area contributed by atoms with Crippen LogP contribution in [-0.2, 0) is 16.1 Å². The van der Waals surface area contributed by atoms with Crippen LogP contribution >= 0.6 is 11.3 Å². The van der Waals surface area contributed by atoms with E-state index in [1.165, 1.54) is 7.11 Å². The third-order valence-corrected chi connectivity index (χ3v) is 3.67. The molecule has 1 fully saturated rings. The van der Waals surface area contributed by atoms with Crippen LogP contribution in [0.15, 0.2) is 11.6 Å². The van der Waals surface area contributed by atoms with Gasteiger partial charge in [0.05, 0.1) is 13.7 Å². The first-order valence-electron chi connectivity index (χ1n) is 5.51. The molecule has 0 bridgehead atoms. The second kappa shape index (κ2) is 5.41. The fraction of sp³-hybridized carbons (Fsp3) is 0.636. The van der Waals surface area contributed by atoms with Gasteiger partial charge in [0, 0.05) is 11.6 Å². The molecule has 2 rings (SSSR count). The first kappa shape index (κ1) is 11.5. The van der Waals surface area contributed by atoms with E-state index in [4.69, 9.17) is 4.74 Å². The Hall–Kier alpha value is -0.940. The van der Waals surface area contributed by atoms with E-state index in [0.29, 0.717) is 0 Å². The Balaban J connectivity index is 2.02. The maximum absolute atomic E-state index is 11.6. The Kier molecular flexibility index (Phi) is 3.90. The third-order valence-electron chi connectivity index (χ3n) is 2.91. The zero-order valence-electron chi connectivity index (χ0n) is 9.39. The first-order chi connectivity index (χ1) is 7.81. The lowest BCUT2D eigenvalue weighted by Gasteiger charge is -2.32. The molecule has 1 saturated heterocycles. The number of piperidine rings is 1. The molecule has 0 amide bonds. The van der Waals surface area contributed by atoms with E-state index in [9.17, 15) is 4.79 Å². The van der Waals surface area contributed by atoms with Crippen LogP contribution in [0.3, 0.4) is 0 Å². The molecule has 0 aliphatic carbocycles. The number of aromatic nitrogens is 1. The van der Waals surface area contributed by atoms with Gasteiger partial charge in [-0.05, 0) is 19.4 Å². The molecular weight excluding hydrogens is 224 g/mol. The van der Waals surface area contributed by atoms with Crippen LogP contribution in [0.4, 0.5) is 0 Å². The van der Waals surface area contributed by atoms with Crippen LogP contribution in [0.5, 0.6) is 0 Å².